The van der Waals surface area contributed by atoms with Crippen LogP contribution in [0.25, 0.3) is 11.1 Å². The lowest BCUT2D eigenvalue weighted by atomic mass is 9.86. The molecule has 2 aromatic carbocycles. The first-order valence-electron chi connectivity index (χ1n) is 12.8. The Kier molecular flexibility index (Phi) is 7.89. The highest BCUT2D eigenvalue weighted by molar-refractivity contribution is 6.36. The number of hydrogen-bond acceptors (Lipinski definition) is 5. The topological polar surface area (TPSA) is 71.7 Å². The Hall–Kier alpha value is -2.80. The first-order valence-corrected chi connectivity index (χ1v) is 13.6. The fourth-order valence-corrected chi connectivity index (χ4v) is 6.47. The maximum Gasteiger partial charge on any atom is 0.210 e. The van der Waals surface area contributed by atoms with Crippen molar-refractivity contribution in [1.82, 2.24) is 14.8 Å². The number of nitrogens with two attached hydrogens (primary N) is 1. The quantitative estimate of drug-likeness (QED) is 0.346. The number of anilines is 1. The number of pyridine rings is 1. The van der Waals surface area contributed by atoms with Gasteiger partial charge in [-0.3, -0.25) is 4.79 Å². The number of carbonyl (C=O) groups is 1. The average molecular weight is 540 g/mol. The summed E-state index contributed by atoms with van der Waals surface area (Å²) in [4.78, 5) is 20.8. The Bertz CT molecular complexity index is 1240. The summed E-state index contributed by atoms with van der Waals surface area (Å²) in [7, 11) is 0. The van der Waals surface area contributed by atoms with E-state index in [1.165, 1.54) is 18.4 Å². The van der Waals surface area contributed by atoms with Gasteiger partial charge in [0.15, 0.2) is 11.6 Å². The van der Waals surface area contributed by atoms with Crippen molar-refractivity contribution >= 4 is 35.4 Å². The minimum atomic E-state index is -0.420. The summed E-state index contributed by atoms with van der Waals surface area (Å²) >= 11 is 12.8. The van der Waals surface area contributed by atoms with E-state index in [9.17, 15) is 4.79 Å². The van der Waals surface area contributed by atoms with Crippen LogP contribution in [0.15, 0.2) is 54.7 Å². The monoisotopic (exact) mass is 538 g/mol. The summed E-state index contributed by atoms with van der Waals surface area (Å²) in [5.74, 6) is 1.02. The zero-order valence-corrected chi connectivity index (χ0v) is 22.5. The Morgan fingerprint density at radius 3 is 2.57 bits per heavy atom. The molecule has 0 radical (unpaired) electrons. The number of nitrogens with zero attached hydrogens (tertiary/aromatic N) is 3. The van der Waals surface area contributed by atoms with Gasteiger partial charge in [0.1, 0.15) is 6.10 Å². The van der Waals surface area contributed by atoms with Crippen LogP contribution in [0.1, 0.15) is 49.3 Å². The molecular formula is C29H32Cl2N4O2. The van der Waals surface area contributed by atoms with Crippen molar-refractivity contribution in [2.75, 3.05) is 31.9 Å². The third-order valence-corrected chi connectivity index (χ3v) is 8.29. The van der Waals surface area contributed by atoms with E-state index in [1.807, 2.05) is 24.0 Å². The number of halogens is 2. The van der Waals surface area contributed by atoms with Gasteiger partial charge < -0.3 is 20.3 Å². The third-order valence-electron chi connectivity index (χ3n) is 7.63. The molecule has 2 aliphatic heterocycles. The maximum absolute atomic E-state index is 11.9. The normalized spacial score (nSPS) is 20.8. The molecule has 3 aromatic rings. The molecule has 6 nitrogen and oxygen atoms in total. The van der Waals surface area contributed by atoms with Crippen LogP contribution in [0.3, 0.4) is 0 Å². The molecule has 0 aliphatic carbocycles. The van der Waals surface area contributed by atoms with Crippen LogP contribution >= 0.6 is 23.2 Å². The number of hydrogen-bond donors (Lipinski definition) is 1. The highest BCUT2D eigenvalue weighted by Crippen LogP contribution is 2.41. The molecule has 1 aromatic heterocycles. The Balaban J connectivity index is 1.46. The summed E-state index contributed by atoms with van der Waals surface area (Å²) in [6, 6.07) is 15.9. The molecule has 2 N–H and O–H groups in total. The Morgan fingerprint density at radius 2 is 1.84 bits per heavy atom. The van der Waals surface area contributed by atoms with Crippen LogP contribution in [0.4, 0.5) is 5.82 Å². The second kappa shape index (κ2) is 11.3. The number of aromatic nitrogens is 1. The van der Waals surface area contributed by atoms with E-state index < -0.39 is 6.10 Å². The first-order chi connectivity index (χ1) is 18.0. The zero-order chi connectivity index (χ0) is 25.9. The van der Waals surface area contributed by atoms with Crippen LogP contribution in [0.5, 0.6) is 5.75 Å². The number of nitrogen functional groups attached to an aromatic ring is 1. The minimum Gasteiger partial charge on any atom is -0.482 e. The predicted octanol–water partition coefficient (Wildman–Crippen LogP) is 6.19. The summed E-state index contributed by atoms with van der Waals surface area (Å²) < 4.78 is 6.25. The van der Waals surface area contributed by atoms with Gasteiger partial charge in [-0.25, -0.2) is 4.98 Å². The number of amides is 1. The maximum atomic E-state index is 11.9. The van der Waals surface area contributed by atoms with E-state index >= 15 is 0 Å². The van der Waals surface area contributed by atoms with Gasteiger partial charge in [0, 0.05) is 46.4 Å². The Morgan fingerprint density at radius 1 is 1.11 bits per heavy atom. The van der Waals surface area contributed by atoms with E-state index in [4.69, 9.17) is 33.7 Å². The van der Waals surface area contributed by atoms with Gasteiger partial charge in [0.05, 0.1) is 6.04 Å². The van der Waals surface area contributed by atoms with Crippen LogP contribution in [-0.4, -0.2) is 53.4 Å². The van der Waals surface area contributed by atoms with Crippen LogP contribution in [0.2, 0.25) is 10.0 Å². The van der Waals surface area contributed by atoms with Crippen LogP contribution in [-0.2, 0) is 4.79 Å². The van der Waals surface area contributed by atoms with Crippen LogP contribution < -0.4 is 10.5 Å². The second-order valence-corrected chi connectivity index (χ2v) is 10.7. The summed E-state index contributed by atoms with van der Waals surface area (Å²) in [6.07, 6.45) is 5.77. The van der Waals surface area contributed by atoms with E-state index in [0.717, 1.165) is 50.1 Å². The van der Waals surface area contributed by atoms with E-state index in [1.54, 1.807) is 24.4 Å². The van der Waals surface area contributed by atoms with Crippen molar-refractivity contribution in [2.24, 2.45) is 0 Å². The van der Waals surface area contributed by atoms with Gasteiger partial charge >= 0.3 is 0 Å². The van der Waals surface area contributed by atoms with Crippen molar-refractivity contribution in [3.05, 3.63) is 75.9 Å². The van der Waals surface area contributed by atoms with Gasteiger partial charge in [-0.2, -0.15) is 0 Å². The first kappa shape index (κ1) is 25.8. The van der Waals surface area contributed by atoms with Gasteiger partial charge in [0.25, 0.3) is 0 Å². The highest BCUT2D eigenvalue weighted by atomic mass is 35.5. The molecule has 2 aliphatic rings. The third kappa shape index (κ3) is 5.42. The lowest BCUT2D eigenvalue weighted by molar-refractivity contribution is -0.119. The molecule has 2 unspecified atom stereocenters. The fourth-order valence-electron chi connectivity index (χ4n) is 5.76. The van der Waals surface area contributed by atoms with Crippen molar-refractivity contribution in [3.63, 3.8) is 0 Å². The van der Waals surface area contributed by atoms with Gasteiger partial charge in [-0.15, -0.1) is 0 Å². The second-order valence-electron chi connectivity index (χ2n) is 9.90. The van der Waals surface area contributed by atoms with E-state index in [-0.39, 0.29) is 12.0 Å². The van der Waals surface area contributed by atoms with Gasteiger partial charge in [0.2, 0.25) is 6.41 Å². The van der Waals surface area contributed by atoms with Gasteiger partial charge in [-0.05, 0) is 68.6 Å². The molecule has 194 valence electrons. The number of ether oxygens (including phenoxy) is 1. The number of benzene rings is 2. The van der Waals surface area contributed by atoms with E-state index in [0.29, 0.717) is 27.2 Å². The number of rotatable bonds is 8. The molecule has 3 atom stereocenters. The highest BCUT2D eigenvalue weighted by Gasteiger charge is 2.37. The minimum absolute atomic E-state index is 0.150. The molecule has 0 saturated carbocycles. The lowest BCUT2D eigenvalue weighted by Gasteiger charge is -2.30. The summed E-state index contributed by atoms with van der Waals surface area (Å²) in [5, 5.41) is 1.08. The smallest absolute Gasteiger partial charge is 0.210 e. The van der Waals surface area contributed by atoms with E-state index in [2.05, 4.69) is 28.1 Å². The molecule has 8 heteroatoms. The Labute approximate surface area is 228 Å². The molecule has 5 rings (SSSR count). The molecule has 0 spiro atoms. The fraction of sp³-hybridized carbons (Fsp3) is 0.379. The largest absolute Gasteiger partial charge is 0.482 e. The van der Waals surface area contributed by atoms with Crippen molar-refractivity contribution in [1.29, 1.82) is 0 Å². The molecule has 0 bridgehead atoms. The molecule has 2 saturated heterocycles. The number of likely N-dealkylation sites (tertiary alicyclic amines) is 2. The summed E-state index contributed by atoms with van der Waals surface area (Å²) in [5.41, 5.74) is 10.1. The standard InChI is InChI=1S/C29H32Cl2N4O2/c1-19(28-24(30)9-6-10-25(28)31)37-27-15-20(16-33-29(27)32)21-7-2-3-8-22(21)23-11-14-35(18-36)26(23)17-34-12-4-5-13-34/h2-3,6-10,15-16,18-19,23,26H,4-5,11-14,17H2,1H3,(H2,32,33)/t19?,23?,26-/m0/s1. The SMILES string of the molecule is CC(Oc1cc(-c2ccccc2C2CCN(C=O)[C@H]2CN2CCCC2)cnc1N)c1c(Cl)cccc1Cl. The molecule has 1 amide bonds. The predicted molar refractivity (Wildman–Crippen MR) is 149 cm³/mol. The lowest BCUT2D eigenvalue weighted by Crippen LogP contribution is -2.41. The van der Waals surface area contributed by atoms with Crippen LogP contribution in [0, 0.1) is 0 Å². The average Bonchev–Trinajstić information content (AvgIpc) is 3.55. The molecular weight excluding hydrogens is 507 g/mol. The number of carbonyl (C=O) groups excluding carboxylic acids is 1. The molecule has 2 fully saturated rings. The molecule has 3 heterocycles. The van der Waals surface area contributed by atoms with Crippen molar-refractivity contribution < 1.29 is 9.53 Å². The van der Waals surface area contributed by atoms with Gasteiger partial charge in [-0.1, -0.05) is 53.5 Å². The molecule has 37 heavy (non-hydrogen) atoms. The van der Waals surface area contributed by atoms with Crippen molar-refractivity contribution in [2.45, 2.75) is 44.2 Å². The van der Waals surface area contributed by atoms with Crippen molar-refractivity contribution in [3.8, 4) is 16.9 Å². The summed E-state index contributed by atoms with van der Waals surface area (Å²) in [6.45, 7) is 5.78. The zero-order valence-electron chi connectivity index (χ0n) is 20.9.